The number of ether oxygens (including phenoxy) is 3. The molecule has 2 fully saturated rings. The Kier molecular flexibility index (Phi) is 2.82. The third-order valence-corrected chi connectivity index (χ3v) is 2.98. The topological polar surface area (TPSA) is 68.3 Å². The Morgan fingerprint density at radius 3 is 2.69 bits per heavy atom. The zero-order chi connectivity index (χ0) is 12.0. The van der Waals surface area contributed by atoms with E-state index < -0.39 is 23.6 Å². The maximum Gasteiger partial charge on any atom is 0.163 e. The van der Waals surface area contributed by atoms with Crippen LogP contribution in [0.3, 0.4) is 0 Å². The second-order valence-electron chi connectivity index (χ2n) is 5.17. The molecule has 2 saturated heterocycles. The highest BCUT2D eigenvalue weighted by molar-refractivity contribution is 5.61. The van der Waals surface area contributed by atoms with E-state index in [1.54, 1.807) is 6.92 Å². The minimum atomic E-state index is -1.04. The molecule has 16 heavy (non-hydrogen) atoms. The number of epoxide rings is 1. The van der Waals surface area contributed by atoms with Gasteiger partial charge < -0.3 is 24.1 Å². The Hall–Kier alpha value is -0.490. The van der Waals surface area contributed by atoms with E-state index in [1.165, 1.54) is 0 Å². The van der Waals surface area contributed by atoms with Gasteiger partial charge in [-0.1, -0.05) is 0 Å². The summed E-state index contributed by atoms with van der Waals surface area (Å²) in [6.07, 6.45) is 0.102. The molecule has 0 radical (unpaired) electrons. The van der Waals surface area contributed by atoms with Crippen LogP contribution in [0.4, 0.5) is 0 Å². The van der Waals surface area contributed by atoms with Crippen LogP contribution in [0.15, 0.2) is 0 Å². The van der Waals surface area contributed by atoms with Crippen LogP contribution in [-0.2, 0) is 19.0 Å². The standard InChI is InChI=1S/C11H18O5/c1-10(2)14-6-7(16-10)4-11(3,13)9-8(5-12)15-9/h5,7-9,13H,4,6H2,1-3H3/t7-,8+,9-,11+/m0/s1. The van der Waals surface area contributed by atoms with Crippen molar-refractivity contribution in [2.24, 2.45) is 0 Å². The summed E-state index contributed by atoms with van der Waals surface area (Å²) in [6.45, 7) is 5.80. The van der Waals surface area contributed by atoms with Crippen LogP contribution >= 0.6 is 0 Å². The van der Waals surface area contributed by atoms with Gasteiger partial charge in [-0.05, 0) is 20.8 Å². The Morgan fingerprint density at radius 1 is 1.56 bits per heavy atom. The number of aliphatic hydroxyl groups is 1. The molecule has 2 aliphatic rings. The van der Waals surface area contributed by atoms with E-state index >= 15 is 0 Å². The summed E-state index contributed by atoms with van der Waals surface area (Å²) in [7, 11) is 0. The number of rotatable bonds is 4. The minimum Gasteiger partial charge on any atom is -0.387 e. The van der Waals surface area contributed by atoms with E-state index in [2.05, 4.69) is 0 Å². The normalized spacial score (nSPS) is 40.4. The quantitative estimate of drug-likeness (QED) is 0.553. The maximum atomic E-state index is 10.5. The molecular weight excluding hydrogens is 212 g/mol. The highest BCUT2D eigenvalue weighted by Crippen LogP contribution is 2.36. The molecule has 5 nitrogen and oxygen atoms in total. The van der Waals surface area contributed by atoms with Crippen molar-refractivity contribution < 1.29 is 24.1 Å². The molecule has 0 unspecified atom stereocenters. The summed E-state index contributed by atoms with van der Waals surface area (Å²) in [6, 6.07) is 0. The Labute approximate surface area is 94.7 Å². The van der Waals surface area contributed by atoms with Crippen molar-refractivity contribution in [3.8, 4) is 0 Å². The largest absolute Gasteiger partial charge is 0.387 e. The molecule has 5 heteroatoms. The van der Waals surface area contributed by atoms with Crippen molar-refractivity contribution >= 4 is 6.29 Å². The predicted molar refractivity (Wildman–Crippen MR) is 54.9 cm³/mol. The predicted octanol–water partition coefficient (Wildman–Crippen LogP) is 0.245. The average molecular weight is 230 g/mol. The molecule has 0 bridgehead atoms. The molecule has 0 aliphatic carbocycles. The van der Waals surface area contributed by atoms with Gasteiger partial charge in [0.2, 0.25) is 0 Å². The second kappa shape index (κ2) is 3.77. The third-order valence-electron chi connectivity index (χ3n) is 2.98. The molecule has 0 saturated carbocycles. The van der Waals surface area contributed by atoms with Crippen molar-refractivity contribution in [1.82, 2.24) is 0 Å². The minimum absolute atomic E-state index is 0.151. The maximum absolute atomic E-state index is 10.5. The van der Waals surface area contributed by atoms with E-state index in [1.807, 2.05) is 13.8 Å². The molecule has 0 spiro atoms. The van der Waals surface area contributed by atoms with Crippen LogP contribution in [0.2, 0.25) is 0 Å². The molecule has 2 rings (SSSR count). The zero-order valence-electron chi connectivity index (χ0n) is 9.80. The Morgan fingerprint density at radius 2 is 2.25 bits per heavy atom. The fraction of sp³-hybridized carbons (Fsp3) is 0.909. The van der Waals surface area contributed by atoms with Gasteiger partial charge in [0.15, 0.2) is 12.1 Å². The number of carbonyl (C=O) groups is 1. The fourth-order valence-corrected chi connectivity index (χ4v) is 2.17. The molecule has 92 valence electrons. The molecule has 0 aromatic carbocycles. The van der Waals surface area contributed by atoms with Crippen molar-refractivity contribution in [3.63, 3.8) is 0 Å². The first-order valence-corrected chi connectivity index (χ1v) is 5.49. The summed E-state index contributed by atoms with van der Waals surface area (Å²) in [5.74, 6) is -0.588. The summed E-state index contributed by atoms with van der Waals surface area (Å²) in [5, 5.41) is 10.2. The van der Waals surface area contributed by atoms with E-state index in [9.17, 15) is 9.90 Å². The number of hydrogen-bond acceptors (Lipinski definition) is 5. The SMILES string of the molecule is CC1(C)OC[C@H](C[C@@](C)(O)[C@H]2O[C@@H]2C=O)O1. The van der Waals surface area contributed by atoms with Crippen molar-refractivity contribution in [3.05, 3.63) is 0 Å². The number of hydrogen-bond donors (Lipinski definition) is 1. The van der Waals surface area contributed by atoms with Gasteiger partial charge in [0.05, 0.1) is 18.3 Å². The van der Waals surface area contributed by atoms with Crippen LogP contribution in [0.5, 0.6) is 0 Å². The van der Waals surface area contributed by atoms with Crippen LogP contribution in [0, 0.1) is 0 Å². The van der Waals surface area contributed by atoms with Crippen molar-refractivity contribution in [2.45, 2.75) is 56.9 Å². The second-order valence-corrected chi connectivity index (χ2v) is 5.17. The molecule has 0 aromatic rings. The lowest BCUT2D eigenvalue weighted by atomic mass is 9.93. The van der Waals surface area contributed by atoms with Gasteiger partial charge in [0, 0.05) is 6.42 Å². The van der Waals surface area contributed by atoms with Gasteiger partial charge in [-0.2, -0.15) is 0 Å². The molecular formula is C11H18O5. The molecule has 0 amide bonds. The Bertz CT molecular complexity index is 286. The van der Waals surface area contributed by atoms with Gasteiger partial charge in [-0.25, -0.2) is 0 Å². The third kappa shape index (κ3) is 2.43. The van der Waals surface area contributed by atoms with Crippen molar-refractivity contribution in [1.29, 1.82) is 0 Å². The molecule has 0 aromatic heterocycles. The molecule has 1 N–H and O–H groups in total. The first-order valence-electron chi connectivity index (χ1n) is 5.49. The molecule has 4 atom stereocenters. The highest BCUT2D eigenvalue weighted by Gasteiger charge is 2.53. The van der Waals surface area contributed by atoms with Gasteiger partial charge >= 0.3 is 0 Å². The number of carbonyl (C=O) groups excluding carboxylic acids is 1. The van der Waals surface area contributed by atoms with Gasteiger partial charge in [-0.3, -0.25) is 0 Å². The lowest BCUT2D eigenvalue weighted by Gasteiger charge is -2.25. The summed E-state index contributed by atoms with van der Waals surface area (Å²) in [5.41, 5.74) is -1.04. The monoisotopic (exact) mass is 230 g/mol. The first-order chi connectivity index (χ1) is 7.34. The van der Waals surface area contributed by atoms with Crippen LogP contribution in [0.1, 0.15) is 27.2 Å². The van der Waals surface area contributed by atoms with Crippen LogP contribution < -0.4 is 0 Å². The summed E-state index contributed by atoms with van der Waals surface area (Å²) >= 11 is 0. The summed E-state index contributed by atoms with van der Waals surface area (Å²) in [4.78, 5) is 10.5. The summed E-state index contributed by atoms with van der Waals surface area (Å²) < 4.78 is 16.1. The first kappa shape index (κ1) is 12.0. The lowest BCUT2D eigenvalue weighted by Crippen LogP contribution is -2.38. The van der Waals surface area contributed by atoms with E-state index in [-0.39, 0.29) is 6.10 Å². The zero-order valence-corrected chi connectivity index (χ0v) is 9.80. The van der Waals surface area contributed by atoms with Gasteiger partial charge in [-0.15, -0.1) is 0 Å². The van der Waals surface area contributed by atoms with Crippen molar-refractivity contribution in [2.75, 3.05) is 6.61 Å². The lowest BCUT2D eigenvalue weighted by molar-refractivity contribution is -0.145. The smallest absolute Gasteiger partial charge is 0.163 e. The van der Waals surface area contributed by atoms with Gasteiger partial charge in [0.1, 0.15) is 12.2 Å². The average Bonchev–Trinajstić information content (AvgIpc) is 2.87. The van der Waals surface area contributed by atoms with Crippen LogP contribution in [-0.4, -0.2) is 47.7 Å². The number of aldehydes is 1. The Balaban J connectivity index is 1.88. The van der Waals surface area contributed by atoms with Crippen LogP contribution in [0.25, 0.3) is 0 Å². The fourth-order valence-electron chi connectivity index (χ4n) is 2.17. The van der Waals surface area contributed by atoms with Gasteiger partial charge in [0.25, 0.3) is 0 Å². The van der Waals surface area contributed by atoms with E-state index in [0.29, 0.717) is 13.0 Å². The molecule has 2 heterocycles. The van der Waals surface area contributed by atoms with E-state index in [4.69, 9.17) is 14.2 Å². The van der Waals surface area contributed by atoms with E-state index in [0.717, 1.165) is 6.29 Å². The highest BCUT2D eigenvalue weighted by atomic mass is 16.7. The molecule has 2 aliphatic heterocycles.